The number of hydrogen-bond acceptors (Lipinski definition) is 5. The van der Waals surface area contributed by atoms with Crippen LogP contribution in [0, 0.1) is 0 Å². The number of likely N-dealkylation sites (N-methyl/N-ethyl adjacent to an activating group) is 1. The van der Waals surface area contributed by atoms with Crippen molar-refractivity contribution in [2.75, 3.05) is 40.9 Å². The van der Waals surface area contributed by atoms with Crippen molar-refractivity contribution in [3.63, 3.8) is 0 Å². The lowest BCUT2D eigenvalue weighted by atomic mass is 10.0. The van der Waals surface area contributed by atoms with Crippen molar-refractivity contribution < 1.29 is 32.9 Å². The van der Waals surface area contributed by atoms with Gasteiger partial charge in [0, 0.05) is 6.42 Å². The zero-order valence-electron chi connectivity index (χ0n) is 49.2. The highest BCUT2D eigenvalue weighted by molar-refractivity contribution is 7.47. The number of hydrogen-bond donors (Lipinski definition) is 3. The van der Waals surface area contributed by atoms with E-state index < -0.39 is 20.0 Å². The summed E-state index contributed by atoms with van der Waals surface area (Å²) in [6.45, 7) is 4.64. The average Bonchev–Trinajstić information content (AvgIpc) is 3.38. The molecule has 0 fully saturated rings. The third kappa shape index (κ3) is 58.1. The van der Waals surface area contributed by atoms with E-state index >= 15 is 0 Å². The minimum Gasteiger partial charge on any atom is -0.387 e. The summed E-state index contributed by atoms with van der Waals surface area (Å²) in [5, 5.41) is 13.9. The summed E-state index contributed by atoms with van der Waals surface area (Å²) in [7, 11) is 1.53. The van der Waals surface area contributed by atoms with Crippen LogP contribution in [0.3, 0.4) is 0 Å². The Bertz CT molecular complexity index is 1740. The second-order valence-electron chi connectivity index (χ2n) is 21.0. The molecule has 9 heteroatoms. The Labute approximate surface area is 468 Å². The monoisotopic (exact) mass is 1070 g/mol. The van der Waals surface area contributed by atoms with Gasteiger partial charge < -0.3 is 19.8 Å². The van der Waals surface area contributed by atoms with E-state index in [1.165, 1.54) is 89.9 Å². The van der Waals surface area contributed by atoms with E-state index in [-0.39, 0.29) is 19.1 Å². The number of rotatable bonds is 53. The average molecular weight is 1070 g/mol. The molecular formula is C67H114N2O6P+. The van der Waals surface area contributed by atoms with Gasteiger partial charge >= 0.3 is 7.82 Å². The van der Waals surface area contributed by atoms with Crippen LogP contribution >= 0.6 is 7.82 Å². The van der Waals surface area contributed by atoms with E-state index in [2.05, 4.69) is 153 Å². The molecule has 0 aromatic heterocycles. The van der Waals surface area contributed by atoms with Gasteiger partial charge in [-0.1, -0.05) is 250 Å². The molecule has 0 aliphatic carbocycles. The van der Waals surface area contributed by atoms with Crippen LogP contribution in [-0.2, 0) is 18.4 Å². The molecule has 0 saturated carbocycles. The first-order valence-electron chi connectivity index (χ1n) is 30.2. The second-order valence-corrected chi connectivity index (χ2v) is 22.4. The zero-order chi connectivity index (χ0) is 55.6. The number of phosphoric ester groups is 1. The number of carbonyl (C=O) groups excluding carboxylic acids is 1. The van der Waals surface area contributed by atoms with Crippen LogP contribution in [0.4, 0.5) is 0 Å². The number of amides is 1. The van der Waals surface area contributed by atoms with E-state index in [0.29, 0.717) is 17.4 Å². The zero-order valence-corrected chi connectivity index (χ0v) is 50.1. The van der Waals surface area contributed by atoms with Crippen LogP contribution in [0.5, 0.6) is 0 Å². The topological polar surface area (TPSA) is 105 Å². The van der Waals surface area contributed by atoms with Crippen molar-refractivity contribution in [2.45, 2.75) is 231 Å². The Kier molecular flexibility index (Phi) is 53.4. The molecule has 0 bridgehead atoms. The normalized spacial score (nSPS) is 14.9. The van der Waals surface area contributed by atoms with Crippen LogP contribution in [0.1, 0.15) is 219 Å². The fraction of sp³-hybridized carbons (Fsp3) is 0.627. The summed E-state index contributed by atoms with van der Waals surface area (Å²) in [6, 6.07) is -0.874. The van der Waals surface area contributed by atoms with Gasteiger partial charge in [0.1, 0.15) is 13.2 Å². The number of nitrogens with one attached hydrogen (secondary N) is 1. The fourth-order valence-corrected chi connectivity index (χ4v) is 8.59. The van der Waals surface area contributed by atoms with Crippen molar-refractivity contribution in [3.8, 4) is 0 Å². The first kappa shape index (κ1) is 72.4. The number of nitrogens with zero attached hydrogens (tertiary/aromatic N) is 1. The molecule has 76 heavy (non-hydrogen) atoms. The maximum absolute atomic E-state index is 13.0. The number of phosphoric acid groups is 1. The first-order valence-corrected chi connectivity index (χ1v) is 31.7. The lowest BCUT2D eigenvalue weighted by Gasteiger charge is -2.25. The van der Waals surface area contributed by atoms with Gasteiger partial charge in [0.25, 0.3) is 0 Å². The molecule has 1 amide bonds. The van der Waals surface area contributed by atoms with E-state index in [1.54, 1.807) is 6.08 Å². The summed E-state index contributed by atoms with van der Waals surface area (Å²) < 4.78 is 23.6. The van der Waals surface area contributed by atoms with Crippen LogP contribution in [0.25, 0.3) is 0 Å². The van der Waals surface area contributed by atoms with Gasteiger partial charge in [-0.05, 0) is 109 Å². The minimum atomic E-state index is -4.36. The van der Waals surface area contributed by atoms with Crippen LogP contribution < -0.4 is 5.32 Å². The minimum absolute atomic E-state index is 0.0486. The SMILES string of the molecule is CC/C=C\C/C=C\C/C=C\C/C=C\C/C=C\C/C=C\C/C=C\C/C=C\C/C=C\C/C=C\CCCCCCCCCCCCC(=O)NC(COP(=O)(O)OCC[N+](C)(C)C)C(O)/C=C/CC/C=C/CCCCCCCCC. The molecule has 0 radical (unpaired) electrons. The summed E-state index contributed by atoms with van der Waals surface area (Å²) in [6.07, 6.45) is 86.8. The van der Waals surface area contributed by atoms with Gasteiger partial charge in [0.2, 0.25) is 5.91 Å². The summed E-state index contributed by atoms with van der Waals surface area (Å²) in [4.78, 5) is 23.3. The molecule has 0 aromatic carbocycles. The van der Waals surface area contributed by atoms with Crippen molar-refractivity contribution in [1.82, 2.24) is 5.32 Å². The molecule has 3 atom stereocenters. The van der Waals surface area contributed by atoms with E-state index in [1.807, 2.05) is 27.2 Å². The number of aliphatic hydroxyl groups is 1. The van der Waals surface area contributed by atoms with Crippen LogP contribution in [-0.4, -0.2) is 73.4 Å². The van der Waals surface area contributed by atoms with Crippen molar-refractivity contribution in [3.05, 3.63) is 146 Å². The fourth-order valence-electron chi connectivity index (χ4n) is 7.85. The van der Waals surface area contributed by atoms with Gasteiger partial charge in [-0.25, -0.2) is 4.57 Å². The number of quaternary nitrogens is 1. The van der Waals surface area contributed by atoms with Crippen molar-refractivity contribution in [1.29, 1.82) is 0 Å². The predicted octanol–water partition coefficient (Wildman–Crippen LogP) is 18.9. The largest absolute Gasteiger partial charge is 0.472 e. The highest BCUT2D eigenvalue weighted by Gasteiger charge is 2.27. The molecule has 3 unspecified atom stereocenters. The molecule has 0 aliphatic rings. The maximum atomic E-state index is 13.0. The lowest BCUT2D eigenvalue weighted by Crippen LogP contribution is -2.45. The van der Waals surface area contributed by atoms with E-state index in [4.69, 9.17) is 9.05 Å². The molecule has 0 rings (SSSR count). The first-order chi connectivity index (χ1) is 37.0. The Morgan fingerprint density at radius 2 is 0.803 bits per heavy atom. The lowest BCUT2D eigenvalue weighted by molar-refractivity contribution is -0.870. The van der Waals surface area contributed by atoms with Gasteiger partial charge in [0.15, 0.2) is 0 Å². The van der Waals surface area contributed by atoms with Gasteiger partial charge in [-0.3, -0.25) is 13.8 Å². The second kappa shape index (κ2) is 56.1. The van der Waals surface area contributed by atoms with Gasteiger partial charge in [0.05, 0.1) is 39.9 Å². The Morgan fingerprint density at radius 3 is 1.21 bits per heavy atom. The third-order valence-electron chi connectivity index (χ3n) is 12.5. The van der Waals surface area contributed by atoms with Crippen LogP contribution in [0.15, 0.2) is 146 Å². The summed E-state index contributed by atoms with van der Waals surface area (Å²) in [5.74, 6) is -0.199. The molecule has 0 saturated heterocycles. The molecule has 3 N–H and O–H groups in total. The molecule has 432 valence electrons. The molecule has 0 spiro atoms. The van der Waals surface area contributed by atoms with Gasteiger partial charge in [-0.2, -0.15) is 0 Å². The standard InChI is InChI=1S/C67H113N2O6P/c1-6-8-10-12-14-16-18-20-21-22-23-24-25-26-27-28-29-30-31-32-33-34-35-36-37-38-39-40-41-42-43-44-45-46-47-49-51-53-55-57-59-61-67(71)68-65(64-75-76(72,73)74-63-62-69(3,4)5)66(70)60-58-56-54-52-50-48-19-17-15-13-11-9-7-2/h8,10,14,16,20-21,23-24,26-27,29-30,32-33,35-36,38-39,41-42,50,52,58,60,65-66,70H,6-7,9,11-13,15,17-19,22,25,28,31,34,37,40,43-49,51,53-57,59,61-64H2,1-5H3,(H-,68,71,72,73)/p+1/b10-8-,16-14-,21-20-,24-23-,27-26-,30-29-,33-32-,36-35-,39-38-,42-41-,52-50+,60-58+. The van der Waals surface area contributed by atoms with Gasteiger partial charge in [-0.15, -0.1) is 0 Å². The van der Waals surface area contributed by atoms with Crippen LogP contribution in [0.2, 0.25) is 0 Å². The van der Waals surface area contributed by atoms with E-state index in [9.17, 15) is 19.4 Å². The number of unbranched alkanes of at least 4 members (excludes halogenated alkanes) is 18. The predicted molar refractivity (Wildman–Crippen MR) is 331 cm³/mol. The number of aliphatic hydroxyl groups excluding tert-OH is 1. The van der Waals surface area contributed by atoms with Crippen molar-refractivity contribution in [2.24, 2.45) is 0 Å². The highest BCUT2D eigenvalue weighted by Crippen LogP contribution is 2.43. The number of carbonyl (C=O) groups is 1. The molecular weight excluding hydrogens is 960 g/mol. The summed E-state index contributed by atoms with van der Waals surface area (Å²) >= 11 is 0. The third-order valence-corrected chi connectivity index (χ3v) is 13.5. The Morgan fingerprint density at radius 1 is 0.461 bits per heavy atom. The Hall–Kier alpha value is -3.62. The Balaban J connectivity index is 4.10. The molecule has 0 aliphatic heterocycles. The van der Waals surface area contributed by atoms with E-state index in [0.717, 1.165) is 109 Å². The maximum Gasteiger partial charge on any atom is 0.472 e. The summed E-state index contributed by atoms with van der Waals surface area (Å²) in [5.41, 5.74) is 0. The number of allylic oxidation sites excluding steroid dienone is 23. The molecule has 8 nitrogen and oxygen atoms in total. The quantitative estimate of drug-likeness (QED) is 0.0243. The van der Waals surface area contributed by atoms with Crippen molar-refractivity contribution >= 4 is 13.7 Å². The smallest absolute Gasteiger partial charge is 0.387 e. The molecule has 0 aromatic rings. The highest BCUT2D eigenvalue weighted by atomic mass is 31.2. The molecule has 0 heterocycles.